The van der Waals surface area contributed by atoms with Gasteiger partial charge in [-0.3, -0.25) is 23.4 Å². The van der Waals surface area contributed by atoms with Crippen LogP contribution >= 0.6 is 0 Å². The number of nitrogens with one attached hydrogen (secondary N) is 1. The van der Waals surface area contributed by atoms with Crippen LogP contribution in [0.2, 0.25) is 0 Å². The number of nitrogens with zero attached hydrogens (tertiary/aromatic N) is 3. The molecule has 0 saturated carbocycles. The molecule has 2 heterocycles. The van der Waals surface area contributed by atoms with Crippen molar-refractivity contribution in [1.82, 2.24) is 14.0 Å². The lowest BCUT2D eigenvalue weighted by molar-refractivity contribution is -0.130. The molecule has 0 spiro atoms. The minimum absolute atomic E-state index is 0.0500. The second kappa shape index (κ2) is 8.27. The molecule has 2 aromatic carbocycles. The van der Waals surface area contributed by atoms with E-state index in [1.807, 2.05) is 0 Å². The van der Waals surface area contributed by atoms with E-state index in [1.54, 1.807) is 36.1 Å². The van der Waals surface area contributed by atoms with E-state index in [1.165, 1.54) is 29.8 Å². The van der Waals surface area contributed by atoms with Crippen LogP contribution in [-0.2, 0) is 28.4 Å². The molecule has 1 fully saturated rings. The summed E-state index contributed by atoms with van der Waals surface area (Å²) in [5, 5.41) is 0.0500. The number of aromatic nitrogens is 2. The first-order chi connectivity index (χ1) is 15.2. The highest BCUT2D eigenvalue weighted by atomic mass is 32.2. The van der Waals surface area contributed by atoms with Crippen molar-refractivity contribution in [2.24, 2.45) is 7.05 Å². The summed E-state index contributed by atoms with van der Waals surface area (Å²) in [7, 11) is -2.49. The molecule has 3 aromatic rings. The molecule has 1 saturated heterocycles. The molecule has 1 aliphatic rings. The van der Waals surface area contributed by atoms with Crippen molar-refractivity contribution >= 4 is 32.5 Å². The number of hydrogen-bond donors (Lipinski definition) is 1. The quantitative estimate of drug-likeness (QED) is 0.625. The summed E-state index contributed by atoms with van der Waals surface area (Å²) >= 11 is 0. The molecule has 4 rings (SSSR count). The van der Waals surface area contributed by atoms with Gasteiger partial charge in [-0.1, -0.05) is 18.2 Å². The third-order valence-corrected chi connectivity index (χ3v) is 7.14. The molecule has 0 atom stereocenters. The van der Waals surface area contributed by atoms with Gasteiger partial charge in [0.05, 0.1) is 21.5 Å². The molecule has 0 aliphatic carbocycles. The lowest BCUT2D eigenvalue weighted by atomic mass is 10.2. The lowest BCUT2D eigenvalue weighted by Gasteiger charge is -2.17. The Hall–Kier alpha value is -3.40. The van der Waals surface area contributed by atoms with Crippen molar-refractivity contribution in [3.8, 4) is 0 Å². The van der Waals surface area contributed by atoms with Gasteiger partial charge in [-0.2, -0.15) is 0 Å². The third kappa shape index (κ3) is 3.93. The summed E-state index contributed by atoms with van der Waals surface area (Å²) in [6, 6.07) is 11.0. The SMILES string of the molecule is Cc1ccccc1NS(=O)(=O)c1ccc2c(c1)c(=O)n(CC(=O)N1CCCC1)c(=O)n2C. The van der Waals surface area contributed by atoms with Crippen LogP contribution in [0.4, 0.5) is 5.69 Å². The smallest absolute Gasteiger partial charge is 0.331 e. The molecule has 168 valence electrons. The number of amides is 1. The number of rotatable bonds is 5. The zero-order valence-electron chi connectivity index (χ0n) is 17.9. The molecule has 1 aromatic heterocycles. The van der Waals surface area contributed by atoms with E-state index < -0.39 is 21.3 Å². The van der Waals surface area contributed by atoms with E-state index >= 15 is 0 Å². The van der Waals surface area contributed by atoms with Crippen molar-refractivity contribution < 1.29 is 13.2 Å². The molecule has 1 aliphatic heterocycles. The summed E-state index contributed by atoms with van der Waals surface area (Å²) < 4.78 is 30.5. The Bertz CT molecular complexity index is 1430. The second-order valence-electron chi connectivity index (χ2n) is 7.92. The van der Waals surface area contributed by atoms with E-state index in [0.717, 1.165) is 23.0 Å². The summed E-state index contributed by atoms with van der Waals surface area (Å²) in [4.78, 5) is 39.9. The van der Waals surface area contributed by atoms with Crippen LogP contribution in [0.25, 0.3) is 10.9 Å². The van der Waals surface area contributed by atoms with Crippen molar-refractivity contribution in [3.05, 3.63) is 68.9 Å². The molecule has 1 N–H and O–H groups in total. The van der Waals surface area contributed by atoms with Crippen LogP contribution in [0.3, 0.4) is 0 Å². The van der Waals surface area contributed by atoms with Gasteiger partial charge in [-0.15, -0.1) is 0 Å². The molecule has 0 unspecified atom stereocenters. The predicted octanol–water partition coefficient (Wildman–Crippen LogP) is 1.43. The fraction of sp³-hybridized carbons (Fsp3) is 0.318. The number of likely N-dealkylation sites (tertiary alicyclic amines) is 1. The van der Waals surface area contributed by atoms with Crippen molar-refractivity contribution in [3.63, 3.8) is 0 Å². The highest BCUT2D eigenvalue weighted by molar-refractivity contribution is 7.92. The van der Waals surface area contributed by atoms with Crippen LogP contribution in [0.15, 0.2) is 56.9 Å². The van der Waals surface area contributed by atoms with Crippen molar-refractivity contribution in [1.29, 1.82) is 0 Å². The van der Waals surface area contributed by atoms with Gasteiger partial charge >= 0.3 is 5.69 Å². The van der Waals surface area contributed by atoms with Gasteiger partial charge in [0.1, 0.15) is 6.54 Å². The van der Waals surface area contributed by atoms with Gasteiger partial charge in [-0.05, 0) is 49.6 Å². The molecule has 9 nitrogen and oxygen atoms in total. The molecule has 10 heteroatoms. The monoisotopic (exact) mass is 456 g/mol. The Morgan fingerprint density at radius 2 is 1.75 bits per heavy atom. The van der Waals surface area contributed by atoms with E-state index in [2.05, 4.69) is 4.72 Å². The number of sulfonamides is 1. The van der Waals surface area contributed by atoms with Gasteiger partial charge in [0.15, 0.2) is 0 Å². The zero-order valence-corrected chi connectivity index (χ0v) is 18.7. The minimum Gasteiger partial charge on any atom is -0.341 e. The van der Waals surface area contributed by atoms with E-state index in [-0.39, 0.29) is 22.7 Å². The summed E-state index contributed by atoms with van der Waals surface area (Å²) in [6.45, 7) is 2.62. The number of aryl methyl sites for hydroxylation is 2. The molecular weight excluding hydrogens is 432 g/mol. The topological polar surface area (TPSA) is 110 Å². The van der Waals surface area contributed by atoms with Crippen LogP contribution in [-0.4, -0.2) is 41.4 Å². The first-order valence-electron chi connectivity index (χ1n) is 10.3. The van der Waals surface area contributed by atoms with E-state index in [4.69, 9.17) is 0 Å². The summed E-state index contributed by atoms with van der Waals surface area (Å²) in [6.07, 6.45) is 1.79. The van der Waals surface area contributed by atoms with Gasteiger partial charge in [0, 0.05) is 20.1 Å². The maximum Gasteiger partial charge on any atom is 0.331 e. The molecule has 0 bridgehead atoms. The van der Waals surface area contributed by atoms with Crippen molar-refractivity contribution in [2.45, 2.75) is 31.2 Å². The Balaban J connectivity index is 1.77. The normalized spacial score (nSPS) is 14.1. The number of carbonyl (C=O) groups excluding carboxylic acids is 1. The van der Waals surface area contributed by atoms with E-state index in [0.29, 0.717) is 24.3 Å². The Morgan fingerprint density at radius 3 is 2.44 bits per heavy atom. The lowest BCUT2D eigenvalue weighted by Crippen LogP contribution is -2.43. The maximum atomic E-state index is 13.1. The van der Waals surface area contributed by atoms with Gasteiger partial charge in [0.2, 0.25) is 5.91 Å². The summed E-state index contributed by atoms with van der Waals surface area (Å²) in [5.41, 5.74) is 0.163. The van der Waals surface area contributed by atoms with Crippen LogP contribution in [0.5, 0.6) is 0 Å². The highest BCUT2D eigenvalue weighted by Gasteiger charge is 2.22. The number of hydrogen-bond acceptors (Lipinski definition) is 5. The minimum atomic E-state index is -3.98. The second-order valence-corrected chi connectivity index (χ2v) is 9.60. The fourth-order valence-electron chi connectivity index (χ4n) is 3.89. The maximum absolute atomic E-state index is 13.1. The number of para-hydroxylation sites is 1. The zero-order chi connectivity index (χ0) is 23.0. The van der Waals surface area contributed by atoms with Crippen molar-refractivity contribution in [2.75, 3.05) is 17.8 Å². The van der Waals surface area contributed by atoms with E-state index in [9.17, 15) is 22.8 Å². The third-order valence-electron chi connectivity index (χ3n) is 5.77. The average Bonchev–Trinajstić information content (AvgIpc) is 3.31. The number of fused-ring (bicyclic) bond motifs is 1. The average molecular weight is 457 g/mol. The molecule has 32 heavy (non-hydrogen) atoms. The predicted molar refractivity (Wildman–Crippen MR) is 121 cm³/mol. The van der Waals surface area contributed by atoms with Crippen LogP contribution < -0.4 is 16.0 Å². The van der Waals surface area contributed by atoms with Crippen LogP contribution in [0, 0.1) is 6.92 Å². The Labute approximate surface area is 184 Å². The summed E-state index contributed by atoms with van der Waals surface area (Å²) in [5.74, 6) is -0.300. The first-order valence-corrected chi connectivity index (χ1v) is 11.8. The number of carbonyl (C=O) groups is 1. The number of anilines is 1. The molecule has 1 amide bonds. The molecular formula is C22H24N4O5S. The molecule has 0 radical (unpaired) electrons. The van der Waals surface area contributed by atoms with Gasteiger partial charge in [0.25, 0.3) is 15.6 Å². The first kappa shape index (κ1) is 21.8. The largest absolute Gasteiger partial charge is 0.341 e. The van der Waals surface area contributed by atoms with Gasteiger partial charge in [-0.25, -0.2) is 13.2 Å². The number of benzene rings is 2. The fourth-order valence-corrected chi connectivity index (χ4v) is 5.05. The Kier molecular flexibility index (Phi) is 5.64. The van der Waals surface area contributed by atoms with Gasteiger partial charge < -0.3 is 4.90 Å². The standard InChI is InChI=1S/C22H24N4O5S/c1-15-7-3-4-8-18(15)23-32(30,31)16-9-10-19-17(13-16)21(28)26(22(29)24(19)2)14-20(27)25-11-5-6-12-25/h3-4,7-10,13,23H,5-6,11-12,14H2,1-2H3. The Morgan fingerprint density at radius 1 is 1.06 bits per heavy atom. The highest BCUT2D eigenvalue weighted by Crippen LogP contribution is 2.21. The van der Waals surface area contributed by atoms with Crippen LogP contribution in [0.1, 0.15) is 18.4 Å².